The van der Waals surface area contributed by atoms with Crippen LogP contribution >= 0.6 is 0 Å². The lowest BCUT2D eigenvalue weighted by atomic mass is 10.0. The summed E-state index contributed by atoms with van der Waals surface area (Å²) in [4.78, 5) is 39.0. The van der Waals surface area contributed by atoms with E-state index in [2.05, 4.69) is 15.9 Å². The first-order valence-electron chi connectivity index (χ1n) is 9.00. The van der Waals surface area contributed by atoms with E-state index < -0.39 is 11.9 Å². The monoisotopic (exact) mass is 407 g/mol. The molecular weight excluding hydrogens is 386 g/mol. The Balaban J connectivity index is 0.000000343. The quantitative estimate of drug-likeness (QED) is 0.314. The number of hydrogen-bond donors (Lipinski definition) is 3. The number of benzene rings is 1. The summed E-state index contributed by atoms with van der Waals surface area (Å²) in [7, 11) is 0. The Morgan fingerprint density at radius 3 is 2.43 bits per heavy atom. The lowest BCUT2D eigenvalue weighted by Gasteiger charge is -1.99. The normalized spacial score (nSPS) is 10.4. The number of para-hydroxylation sites is 1. The first-order chi connectivity index (χ1) is 14.3. The molecule has 30 heavy (non-hydrogen) atoms. The Kier molecular flexibility index (Phi) is 7.71. The van der Waals surface area contributed by atoms with Crippen molar-refractivity contribution >= 4 is 28.6 Å². The summed E-state index contributed by atoms with van der Waals surface area (Å²) in [5, 5.41) is 16.6. The molecule has 0 radical (unpaired) electrons. The summed E-state index contributed by atoms with van der Waals surface area (Å²) in [6.07, 6.45) is 11.1. The Morgan fingerprint density at radius 2 is 1.87 bits per heavy atom. The van der Waals surface area contributed by atoms with Crippen LogP contribution in [-0.2, 0) is 22.6 Å². The molecular formula is C22H21N3O5. The second kappa shape index (κ2) is 10.4. The molecule has 8 heteroatoms. The molecule has 0 atom stereocenters. The number of aromatic nitrogens is 3. The van der Waals surface area contributed by atoms with Crippen LogP contribution in [0.4, 0.5) is 0 Å². The molecule has 8 nitrogen and oxygen atoms in total. The zero-order chi connectivity index (χ0) is 22.1. The fourth-order valence-electron chi connectivity index (χ4n) is 2.85. The molecule has 3 N–H and O–H groups in total. The van der Waals surface area contributed by atoms with Crippen LogP contribution in [0.3, 0.4) is 0 Å². The number of rotatable bonds is 7. The van der Waals surface area contributed by atoms with E-state index in [4.69, 9.17) is 16.6 Å². The molecule has 0 saturated heterocycles. The number of H-pyrrole nitrogens is 1. The van der Waals surface area contributed by atoms with E-state index in [0.29, 0.717) is 31.5 Å². The largest absolute Gasteiger partial charge is 0.478 e. The number of carbonyl (C=O) groups excluding carboxylic acids is 1. The maximum atomic E-state index is 12.6. The van der Waals surface area contributed by atoms with Gasteiger partial charge < -0.3 is 19.8 Å². The molecule has 0 aliphatic heterocycles. The highest BCUT2D eigenvalue weighted by Gasteiger charge is 2.15. The predicted molar refractivity (Wildman–Crippen MR) is 111 cm³/mol. The van der Waals surface area contributed by atoms with Crippen LogP contribution in [0.1, 0.15) is 28.2 Å². The summed E-state index contributed by atoms with van der Waals surface area (Å²) in [5.41, 5.74) is 3.70. The standard InChI is InChI=1S/C18H17N3O.C4H4O4/c1-3-10-21-11-15(14-6-4-5-7-17(14)21)18(22)9-8-16-13(2)19-12-20-16;5-3(6)1-2-4(7)8/h1,4-7,11-12H,8-10H2,2H3,(H,19,20);1-2H,(H,5,6)(H,7,8)/b;2-1-. The number of hydrogen-bond acceptors (Lipinski definition) is 4. The van der Waals surface area contributed by atoms with Crippen molar-refractivity contribution in [2.75, 3.05) is 0 Å². The Hall–Kier alpha value is -4.12. The van der Waals surface area contributed by atoms with Gasteiger partial charge in [0.15, 0.2) is 5.78 Å². The number of imidazole rings is 1. The van der Waals surface area contributed by atoms with Gasteiger partial charge in [-0.1, -0.05) is 24.1 Å². The van der Waals surface area contributed by atoms with Crippen LogP contribution in [-0.4, -0.2) is 42.5 Å². The van der Waals surface area contributed by atoms with E-state index in [-0.39, 0.29) is 5.78 Å². The van der Waals surface area contributed by atoms with Crippen LogP contribution in [0.25, 0.3) is 10.9 Å². The van der Waals surface area contributed by atoms with E-state index >= 15 is 0 Å². The molecule has 3 aromatic rings. The third-order valence-corrected chi connectivity index (χ3v) is 4.24. The lowest BCUT2D eigenvalue weighted by Crippen LogP contribution is -2.02. The van der Waals surface area contributed by atoms with Crippen LogP contribution in [0, 0.1) is 19.3 Å². The minimum absolute atomic E-state index is 0.120. The number of carbonyl (C=O) groups is 3. The maximum absolute atomic E-state index is 12.6. The van der Waals surface area contributed by atoms with E-state index in [0.717, 1.165) is 27.9 Å². The molecule has 0 amide bonds. The van der Waals surface area contributed by atoms with Crippen LogP contribution in [0.5, 0.6) is 0 Å². The Morgan fingerprint density at radius 1 is 1.20 bits per heavy atom. The SMILES string of the molecule is C#CCn1cc(C(=O)CCc2nc[nH]c2C)c2ccccc21.O=C(O)/C=C\C(=O)O. The van der Waals surface area contributed by atoms with Gasteiger partial charge >= 0.3 is 11.9 Å². The number of aliphatic carboxylic acids is 2. The molecule has 1 aromatic carbocycles. The Bertz CT molecular complexity index is 1120. The van der Waals surface area contributed by atoms with Crippen molar-refractivity contribution in [2.24, 2.45) is 0 Å². The van der Waals surface area contributed by atoms with Gasteiger partial charge in [-0.05, 0) is 19.4 Å². The molecule has 0 aliphatic carbocycles. The number of nitrogens with zero attached hydrogens (tertiary/aromatic N) is 2. The van der Waals surface area contributed by atoms with Crippen LogP contribution in [0.15, 0.2) is 48.9 Å². The molecule has 0 unspecified atom stereocenters. The fourth-order valence-corrected chi connectivity index (χ4v) is 2.85. The topological polar surface area (TPSA) is 125 Å². The highest BCUT2D eigenvalue weighted by Crippen LogP contribution is 2.23. The second-order valence-electron chi connectivity index (χ2n) is 6.30. The van der Waals surface area contributed by atoms with Gasteiger partial charge in [-0.2, -0.15) is 0 Å². The number of fused-ring (bicyclic) bond motifs is 1. The number of aromatic amines is 1. The average molecular weight is 407 g/mol. The van der Waals surface area contributed by atoms with Crippen LogP contribution < -0.4 is 0 Å². The molecule has 0 spiro atoms. The van der Waals surface area contributed by atoms with Gasteiger partial charge in [-0.15, -0.1) is 6.42 Å². The highest BCUT2D eigenvalue weighted by molar-refractivity contribution is 6.08. The molecule has 0 fully saturated rings. The summed E-state index contributed by atoms with van der Waals surface area (Å²) in [6, 6.07) is 7.85. The number of ketones is 1. The summed E-state index contributed by atoms with van der Waals surface area (Å²) in [5.74, 6) is 0.233. The van der Waals surface area contributed by atoms with Crippen molar-refractivity contribution in [1.82, 2.24) is 14.5 Å². The van der Waals surface area contributed by atoms with Gasteiger partial charge in [-0.25, -0.2) is 14.6 Å². The van der Waals surface area contributed by atoms with E-state index in [1.165, 1.54) is 0 Å². The van der Waals surface area contributed by atoms with Crippen molar-refractivity contribution in [3.8, 4) is 12.3 Å². The van der Waals surface area contributed by atoms with Gasteiger partial charge in [0.25, 0.3) is 0 Å². The zero-order valence-corrected chi connectivity index (χ0v) is 16.3. The first-order valence-corrected chi connectivity index (χ1v) is 9.00. The van der Waals surface area contributed by atoms with Crippen molar-refractivity contribution < 1.29 is 24.6 Å². The van der Waals surface area contributed by atoms with Crippen molar-refractivity contribution in [2.45, 2.75) is 26.3 Å². The van der Waals surface area contributed by atoms with E-state index in [9.17, 15) is 14.4 Å². The summed E-state index contributed by atoms with van der Waals surface area (Å²) >= 11 is 0. The van der Waals surface area contributed by atoms with Crippen LogP contribution in [0.2, 0.25) is 0 Å². The third-order valence-electron chi connectivity index (χ3n) is 4.24. The molecule has 2 aromatic heterocycles. The molecule has 154 valence electrons. The minimum atomic E-state index is -1.26. The molecule has 2 heterocycles. The highest BCUT2D eigenvalue weighted by atomic mass is 16.4. The summed E-state index contributed by atoms with van der Waals surface area (Å²) in [6.45, 7) is 2.43. The van der Waals surface area contributed by atoms with Gasteiger partial charge in [-0.3, -0.25) is 4.79 Å². The maximum Gasteiger partial charge on any atom is 0.328 e. The van der Waals surface area contributed by atoms with Crippen molar-refractivity contribution in [1.29, 1.82) is 0 Å². The van der Waals surface area contributed by atoms with Gasteiger partial charge in [0.05, 0.1) is 18.6 Å². The van der Waals surface area contributed by atoms with Crippen molar-refractivity contribution in [3.05, 3.63) is 65.9 Å². The first kappa shape index (κ1) is 22.2. The third kappa shape index (κ3) is 5.94. The number of nitrogens with one attached hydrogen (secondary N) is 1. The molecule has 0 saturated carbocycles. The average Bonchev–Trinajstić information content (AvgIpc) is 3.29. The minimum Gasteiger partial charge on any atom is -0.478 e. The number of aryl methyl sites for hydroxylation is 2. The zero-order valence-electron chi connectivity index (χ0n) is 16.3. The number of carboxylic acid groups (broad SMARTS) is 2. The van der Waals surface area contributed by atoms with Crippen molar-refractivity contribution in [3.63, 3.8) is 0 Å². The smallest absolute Gasteiger partial charge is 0.328 e. The molecule has 0 bridgehead atoms. The summed E-state index contributed by atoms with van der Waals surface area (Å²) < 4.78 is 1.95. The number of carboxylic acids is 2. The fraction of sp³-hybridized carbons (Fsp3) is 0.182. The van der Waals surface area contributed by atoms with E-state index in [1.54, 1.807) is 6.33 Å². The van der Waals surface area contributed by atoms with Gasteiger partial charge in [0.1, 0.15) is 0 Å². The van der Waals surface area contributed by atoms with Gasteiger partial charge in [0.2, 0.25) is 0 Å². The number of Topliss-reactive ketones (excluding diaryl/α,β-unsaturated/α-hetero) is 1. The lowest BCUT2D eigenvalue weighted by molar-refractivity contribution is -0.134. The molecule has 0 aliphatic rings. The Labute approximate surface area is 172 Å². The number of terminal acetylenes is 1. The van der Waals surface area contributed by atoms with E-state index in [1.807, 2.05) is 42.0 Å². The molecule has 3 rings (SSSR count). The predicted octanol–water partition coefficient (Wildman–Crippen LogP) is 2.83. The van der Waals surface area contributed by atoms with Gasteiger partial charge in [0, 0.05) is 46.9 Å². The second-order valence-corrected chi connectivity index (χ2v) is 6.30.